The lowest BCUT2D eigenvalue weighted by Crippen LogP contribution is -2.23. The zero-order chi connectivity index (χ0) is 26.9. The van der Waals surface area contributed by atoms with Crippen LogP contribution in [0.25, 0.3) is 22.3 Å². The second kappa shape index (κ2) is 10.2. The van der Waals surface area contributed by atoms with Crippen molar-refractivity contribution in [2.24, 2.45) is 5.10 Å². The summed E-state index contributed by atoms with van der Waals surface area (Å²) in [4.78, 5) is 28.7. The van der Waals surface area contributed by atoms with E-state index in [1.54, 1.807) is 18.2 Å². The monoisotopic (exact) mass is 549 g/mol. The first-order valence-electron chi connectivity index (χ1n) is 10.6. The SMILES string of the molecule is C[C@H](Oc1c(Cl)cc(C=Nn2c(-c3cccc(C(F)(F)F)c3)nc3ccccc3c2=O)cc1Cl)C(=O)O. The van der Waals surface area contributed by atoms with Crippen LogP contribution in [0.2, 0.25) is 10.0 Å². The molecule has 0 unspecified atom stereocenters. The maximum Gasteiger partial charge on any atom is 0.416 e. The van der Waals surface area contributed by atoms with Crippen LogP contribution in [0.15, 0.2) is 70.6 Å². The van der Waals surface area contributed by atoms with Crippen molar-refractivity contribution >= 4 is 46.3 Å². The summed E-state index contributed by atoms with van der Waals surface area (Å²) in [5, 5.41) is 13.4. The number of carbonyl (C=O) groups is 1. The number of fused-ring (bicyclic) bond motifs is 1. The van der Waals surface area contributed by atoms with E-state index in [-0.39, 0.29) is 38.1 Å². The van der Waals surface area contributed by atoms with Gasteiger partial charge in [-0.15, -0.1) is 0 Å². The van der Waals surface area contributed by atoms with Crippen LogP contribution in [0, 0.1) is 0 Å². The van der Waals surface area contributed by atoms with Gasteiger partial charge in [0.25, 0.3) is 5.56 Å². The number of rotatable bonds is 6. The van der Waals surface area contributed by atoms with E-state index >= 15 is 0 Å². The van der Waals surface area contributed by atoms with Crippen LogP contribution in [-0.4, -0.2) is 33.1 Å². The third-order valence-electron chi connectivity index (χ3n) is 5.19. The Kier molecular flexibility index (Phi) is 7.24. The van der Waals surface area contributed by atoms with E-state index in [2.05, 4.69) is 10.1 Å². The summed E-state index contributed by atoms with van der Waals surface area (Å²) in [6.07, 6.45) is -4.60. The average Bonchev–Trinajstić information content (AvgIpc) is 2.85. The Bertz CT molecular complexity index is 1580. The van der Waals surface area contributed by atoms with Crippen molar-refractivity contribution in [1.29, 1.82) is 0 Å². The van der Waals surface area contributed by atoms with Crippen LogP contribution in [0.4, 0.5) is 13.2 Å². The summed E-state index contributed by atoms with van der Waals surface area (Å²) in [7, 11) is 0. The molecule has 1 N–H and O–H groups in total. The van der Waals surface area contributed by atoms with Gasteiger partial charge in [0.05, 0.1) is 32.7 Å². The lowest BCUT2D eigenvalue weighted by Gasteiger charge is -2.14. The molecule has 0 spiro atoms. The van der Waals surface area contributed by atoms with Crippen LogP contribution in [0.5, 0.6) is 5.75 Å². The smallest absolute Gasteiger partial charge is 0.416 e. The molecule has 0 amide bonds. The molecule has 0 radical (unpaired) electrons. The Morgan fingerprint density at radius 3 is 2.43 bits per heavy atom. The van der Waals surface area contributed by atoms with E-state index in [1.165, 1.54) is 43.5 Å². The lowest BCUT2D eigenvalue weighted by atomic mass is 10.1. The number of carboxylic acids is 1. The number of hydrogen-bond donors (Lipinski definition) is 1. The van der Waals surface area contributed by atoms with Crippen molar-refractivity contribution < 1.29 is 27.8 Å². The molecule has 0 bridgehead atoms. The maximum absolute atomic E-state index is 13.3. The highest BCUT2D eigenvalue weighted by atomic mass is 35.5. The predicted octanol–water partition coefficient (Wildman–Crippen LogP) is 6.12. The number of aliphatic carboxylic acids is 1. The minimum Gasteiger partial charge on any atom is -0.479 e. The minimum atomic E-state index is -4.60. The predicted molar refractivity (Wildman–Crippen MR) is 134 cm³/mol. The first-order valence-corrected chi connectivity index (χ1v) is 11.3. The van der Waals surface area contributed by atoms with E-state index in [0.29, 0.717) is 5.56 Å². The number of benzene rings is 3. The Hall–Kier alpha value is -3.89. The Morgan fingerprint density at radius 2 is 1.78 bits per heavy atom. The van der Waals surface area contributed by atoms with E-state index in [4.69, 9.17) is 33.0 Å². The van der Waals surface area contributed by atoms with Gasteiger partial charge in [0.15, 0.2) is 17.7 Å². The topological polar surface area (TPSA) is 93.8 Å². The molecule has 37 heavy (non-hydrogen) atoms. The highest BCUT2D eigenvalue weighted by Crippen LogP contribution is 2.35. The molecular weight excluding hydrogens is 534 g/mol. The van der Waals surface area contributed by atoms with Crippen LogP contribution in [0.1, 0.15) is 18.1 Å². The number of halogens is 5. The number of para-hydroxylation sites is 1. The second-order valence-electron chi connectivity index (χ2n) is 7.80. The fraction of sp³-hybridized carbons (Fsp3) is 0.120. The largest absolute Gasteiger partial charge is 0.479 e. The highest BCUT2D eigenvalue weighted by Gasteiger charge is 2.31. The van der Waals surface area contributed by atoms with Gasteiger partial charge >= 0.3 is 12.1 Å². The Labute approximate surface area is 217 Å². The van der Waals surface area contributed by atoms with E-state index in [9.17, 15) is 22.8 Å². The van der Waals surface area contributed by atoms with Crippen molar-refractivity contribution in [2.75, 3.05) is 0 Å². The molecule has 1 aromatic heterocycles. The van der Waals surface area contributed by atoms with Gasteiger partial charge in [0.1, 0.15) is 0 Å². The summed E-state index contributed by atoms with van der Waals surface area (Å²) < 4.78 is 46.2. The van der Waals surface area contributed by atoms with Gasteiger partial charge in [-0.3, -0.25) is 4.79 Å². The van der Waals surface area contributed by atoms with Gasteiger partial charge < -0.3 is 9.84 Å². The third kappa shape index (κ3) is 5.60. The van der Waals surface area contributed by atoms with Crippen molar-refractivity contribution in [3.63, 3.8) is 0 Å². The minimum absolute atomic E-state index is 0.0101. The van der Waals surface area contributed by atoms with Gasteiger partial charge in [-0.05, 0) is 48.9 Å². The summed E-state index contributed by atoms with van der Waals surface area (Å²) >= 11 is 12.4. The number of carboxylic acid groups (broad SMARTS) is 1. The molecule has 0 aliphatic rings. The van der Waals surface area contributed by atoms with Crippen LogP contribution in [0.3, 0.4) is 0 Å². The van der Waals surface area contributed by atoms with Gasteiger partial charge in [0.2, 0.25) is 0 Å². The Balaban J connectivity index is 1.83. The average molecular weight is 550 g/mol. The molecule has 1 atom stereocenters. The number of ether oxygens (including phenoxy) is 1. The van der Waals surface area contributed by atoms with Gasteiger partial charge in [-0.1, -0.05) is 47.5 Å². The summed E-state index contributed by atoms with van der Waals surface area (Å²) in [6, 6.07) is 13.5. The molecule has 0 aliphatic heterocycles. The first-order chi connectivity index (χ1) is 17.5. The molecule has 0 saturated carbocycles. The lowest BCUT2D eigenvalue weighted by molar-refractivity contribution is -0.144. The van der Waals surface area contributed by atoms with E-state index in [0.717, 1.165) is 16.8 Å². The van der Waals surface area contributed by atoms with Crippen molar-refractivity contribution in [2.45, 2.75) is 19.2 Å². The molecule has 4 rings (SSSR count). The zero-order valence-corrected chi connectivity index (χ0v) is 20.3. The zero-order valence-electron chi connectivity index (χ0n) is 18.8. The summed E-state index contributed by atoms with van der Waals surface area (Å²) in [5.74, 6) is -1.38. The molecule has 1 heterocycles. The quantitative estimate of drug-likeness (QED) is 0.292. The normalized spacial score (nSPS) is 12.7. The molecule has 3 aromatic carbocycles. The molecule has 190 valence electrons. The number of hydrogen-bond acceptors (Lipinski definition) is 5. The standard InChI is InChI=1S/C25H16Cl2F3N3O4/c1-13(24(35)36)37-21-18(26)9-14(10-19(21)27)12-31-33-22(15-5-4-6-16(11-15)25(28,29)30)32-20-8-3-2-7-17(20)23(33)34/h2-13H,1H3,(H,35,36)/t13-/m0/s1. The van der Waals surface area contributed by atoms with Gasteiger partial charge in [-0.25, -0.2) is 9.78 Å². The van der Waals surface area contributed by atoms with Gasteiger partial charge in [-0.2, -0.15) is 22.9 Å². The molecule has 0 saturated heterocycles. The van der Waals surface area contributed by atoms with Crippen LogP contribution < -0.4 is 10.3 Å². The molecule has 4 aromatic rings. The summed E-state index contributed by atoms with van der Waals surface area (Å²) in [6.45, 7) is 1.30. The number of alkyl halides is 3. The molecule has 12 heteroatoms. The number of nitrogens with zero attached hydrogens (tertiary/aromatic N) is 3. The fourth-order valence-corrected chi connectivity index (χ4v) is 3.96. The molecule has 7 nitrogen and oxygen atoms in total. The van der Waals surface area contributed by atoms with E-state index < -0.39 is 29.4 Å². The van der Waals surface area contributed by atoms with Crippen molar-refractivity contribution in [1.82, 2.24) is 9.66 Å². The third-order valence-corrected chi connectivity index (χ3v) is 5.75. The van der Waals surface area contributed by atoms with Gasteiger partial charge in [0, 0.05) is 5.56 Å². The molecule has 0 fully saturated rings. The fourth-order valence-electron chi connectivity index (χ4n) is 3.37. The first kappa shape index (κ1) is 26.2. The van der Waals surface area contributed by atoms with E-state index in [1.807, 2.05) is 0 Å². The maximum atomic E-state index is 13.3. The van der Waals surface area contributed by atoms with Crippen LogP contribution in [-0.2, 0) is 11.0 Å². The second-order valence-corrected chi connectivity index (χ2v) is 8.62. The summed E-state index contributed by atoms with van der Waals surface area (Å²) in [5.41, 5.74) is -0.904. The highest BCUT2D eigenvalue weighted by molar-refractivity contribution is 6.37. The van der Waals surface area contributed by atoms with Crippen LogP contribution >= 0.6 is 23.2 Å². The number of aromatic nitrogens is 2. The van der Waals surface area contributed by atoms with Crippen molar-refractivity contribution in [3.8, 4) is 17.1 Å². The molecule has 0 aliphatic carbocycles. The van der Waals surface area contributed by atoms with Crippen molar-refractivity contribution in [3.05, 3.63) is 92.2 Å². The Morgan fingerprint density at radius 1 is 1.11 bits per heavy atom. The molecular formula is C25H16Cl2F3N3O4.